The smallest absolute Gasteiger partial charge is 0.224 e. The van der Waals surface area contributed by atoms with E-state index in [-0.39, 0.29) is 5.84 Å². The minimum atomic E-state index is -0.0403. The van der Waals surface area contributed by atoms with Crippen molar-refractivity contribution in [3.8, 4) is 11.6 Å². The van der Waals surface area contributed by atoms with Crippen molar-refractivity contribution in [2.45, 2.75) is 6.92 Å². The van der Waals surface area contributed by atoms with E-state index in [2.05, 4.69) is 10.1 Å². The molecule has 0 radical (unpaired) electrons. The standard InChI is InChI=1S/C15H17N3O3/c1-11-7-8-13(14(16)18-19)15(17-11)21-10-9-20-12-5-3-2-4-6-12/h2-8,19H,9-10H2,1H3,(H2,16,18). The molecule has 0 saturated carbocycles. The maximum atomic E-state index is 8.76. The van der Waals surface area contributed by atoms with Gasteiger partial charge in [-0.05, 0) is 31.2 Å². The number of pyridine rings is 1. The molecule has 0 aliphatic rings. The summed E-state index contributed by atoms with van der Waals surface area (Å²) < 4.78 is 11.1. The zero-order valence-corrected chi connectivity index (χ0v) is 11.7. The Labute approximate surface area is 122 Å². The fourth-order valence-electron chi connectivity index (χ4n) is 1.71. The van der Waals surface area contributed by atoms with Crippen LogP contribution in [0.2, 0.25) is 0 Å². The molecule has 1 aromatic heterocycles. The summed E-state index contributed by atoms with van der Waals surface area (Å²) in [5.74, 6) is 1.05. The van der Waals surface area contributed by atoms with E-state index >= 15 is 0 Å². The number of benzene rings is 1. The highest BCUT2D eigenvalue weighted by Crippen LogP contribution is 2.16. The summed E-state index contributed by atoms with van der Waals surface area (Å²) in [6, 6.07) is 12.9. The van der Waals surface area contributed by atoms with Gasteiger partial charge in [-0.3, -0.25) is 0 Å². The Bertz CT molecular complexity index is 615. The Morgan fingerprint density at radius 1 is 1.14 bits per heavy atom. The Kier molecular flexibility index (Phi) is 4.98. The van der Waals surface area contributed by atoms with E-state index in [4.69, 9.17) is 20.4 Å². The number of hydrogen-bond acceptors (Lipinski definition) is 5. The fourth-order valence-corrected chi connectivity index (χ4v) is 1.71. The monoisotopic (exact) mass is 287 g/mol. The minimum Gasteiger partial charge on any atom is -0.490 e. The lowest BCUT2D eigenvalue weighted by Gasteiger charge is -2.11. The topological polar surface area (TPSA) is 90.0 Å². The van der Waals surface area contributed by atoms with E-state index in [1.807, 2.05) is 37.3 Å². The number of nitrogens with zero attached hydrogens (tertiary/aromatic N) is 2. The number of aryl methyl sites for hydroxylation is 1. The van der Waals surface area contributed by atoms with Crippen LogP contribution in [0, 0.1) is 6.92 Å². The van der Waals surface area contributed by atoms with Gasteiger partial charge in [0.1, 0.15) is 19.0 Å². The average molecular weight is 287 g/mol. The van der Waals surface area contributed by atoms with Gasteiger partial charge in [0.2, 0.25) is 5.88 Å². The molecule has 0 atom stereocenters. The van der Waals surface area contributed by atoms with Crippen LogP contribution in [0.25, 0.3) is 0 Å². The molecule has 0 spiro atoms. The number of hydrogen-bond donors (Lipinski definition) is 2. The third kappa shape index (κ3) is 4.10. The van der Waals surface area contributed by atoms with Crippen molar-refractivity contribution >= 4 is 5.84 Å². The van der Waals surface area contributed by atoms with Crippen LogP contribution in [0.4, 0.5) is 0 Å². The summed E-state index contributed by atoms with van der Waals surface area (Å²) in [4.78, 5) is 4.24. The van der Waals surface area contributed by atoms with Crippen LogP contribution in [-0.4, -0.2) is 29.2 Å². The summed E-state index contributed by atoms with van der Waals surface area (Å²) in [6.07, 6.45) is 0. The molecule has 1 heterocycles. The van der Waals surface area contributed by atoms with Crippen LogP contribution >= 0.6 is 0 Å². The SMILES string of the molecule is Cc1ccc(C(N)=NO)c(OCCOc2ccccc2)n1. The van der Waals surface area contributed by atoms with Gasteiger partial charge in [0.25, 0.3) is 0 Å². The maximum Gasteiger partial charge on any atom is 0.224 e. The number of ether oxygens (including phenoxy) is 2. The van der Waals surface area contributed by atoms with Gasteiger partial charge in [0.05, 0.1) is 5.56 Å². The predicted molar refractivity (Wildman–Crippen MR) is 78.9 cm³/mol. The molecular weight excluding hydrogens is 270 g/mol. The van der Waals surface area contributed by atoms with E-state index in [1.54, 1.807) is 12.1 Å². The Morgan fingerprint density at radius 3 is 2.57 bits per heavy atom. The summed E-state index contributed by atoms with van der Waals surface area (Å²) in [6.45, 7) is 2.51. The van der Waals surface area contributed by atoms with Crippen molar-refractivity contribution in [3.63, 3.8) is 0 Å². The van der Waals surface area contributed by atoms with Crippen molar-refractivity contribution in [2.75, 3.05) is 13.2 Å². The van der Waals surface area contributed by atoms with Gasteiger partial charge in [0, 0.05) is 5.69 Å². The molecule has 0 unspecified atom stereocenters. The molecule has 2 aromatic rings. The van der Waals surface area contributed by atoms with E-state index in [0.29, 0.717) is 24.7 Å². The highest BCUT2D eigenvalue weighted by atomic mass is 16.5. The molecule has 110 valence electrons. The van der Waals surface area contributed by atoms with Gasteiger partial charge in [-0.25, -0.2) is 4.98 Å². The number of amidine groups is 1. The lowest BCUT2D eigenvalue weighted by molar-refractivity contribution is 0.211. The molecule has 2 rings (SSSR count). The molecule has 0 amide bonds. The third-order valence-corrected chi connectivity index (χ3v) is 2.72. The second-order valence-corrected chi connectivity index (χ2v) is 4.30. The number of para-hydroxylation sites is 1. The number of nitrogens with two attached hydrogens (primary N) is 1. The zero-order valence-electron chi connectivity index (χ0n) is 11.7. The maximum absolute atomic E-state index is 8.76. The van der Waals surface area contributed by atoms with E-state index in [0.717, 1.165) is 11.4 Å². The molecule has 21 heavy (non-hydrogen) atoms. The first-order chi connectivity index (χ1) is 10.2. The van der Waals surface area contributed by atoms with Gasteiger partial charge in [-0.15, -0.1) is 0 Å². The van der Waals surface area contributed by atoms with Crippen molar-refractivity contribution in [1.29, 1.82) is 0 Å². The summed E-state index contributed by atoms with van der Waals surface area (Å²) >= 11 is 0. The van der Waals surface area contributed by atoms with Crippen molar-refractivity contribution in [1.82, 2.24) is 4.98 Å². The van der Waals surface area contributed by atoms with Crippen molar-refractivity contribution in [2.24, 2.45) is 10.9 Å². The average Bonchev–Trinajstić information content (AvgIpc) is 2.52. The van der Waals surface area contributed by atoms with Gasteiger partial charge in [0.15, 0.2) is 5.84 Å². The highest BCUT2D eigenvalue weighted by molar-refractivity contribution is 5.99. The first-order valence-electron chi connectivity index (χ1n) is 6.47. The molecule has 6 heteroatoms. The van der Waals surface area contributed by atoms with E-state index in [9.17, 15) is 0 Å². The first-order valence-corrected chi connectivity index (χ1v) is 6.47. The molecule has 0 saturated heterocycles. The predicted octanol–water partition coefficient (Wildman–Crippen LogP) is 1.94. The van der Waals surface area contributed by atoms with Crippen LogP contribution in [-0.2, 0) is 0 Å². The Balaban J connectivity index is 1.95. The van der Waals surface area contributed by atoms with Crippen LogP contribution in [0.15, 0.2) is 47.6 Å². The second-order valence-electron chi connectivity index (χ2n) is 4.30. The van der Waals surface area contributed by atoms with Crippen LogP contribution in [0.3, 0.4) is 0 Å². The van der Waals surface area contributed by atoms with E-state index < -0.39 is 0 Å². The number of aromatic nitrogens is 1. The zero-order chi connectivity index (χ0) is 15.1. The van der Waals surface area contributed by atoms with Crippen molar-refractivity contribution < 1.29 is 14.7 Å². The van der Waals surface area contributed by atoms with Gasteiger partial charge in [-0.2, -0.15) is 0 Å². The molecular formula is C15H17N3O3. The molecule has 0 aliphatic heterocycles. The number of oxime groups is 1. The molecule has 1 aromatic carbocycles. The minimum absolute atomic E-state index is 0.0403. The summed E-state index contributed by atoms with van der Waals surface area (Å²) in [5, 5.41) is 11.7. The summed E-state index contributed by atoms with van der Waals surface area (Å²) in [5.41, 5.74) is 6.82. The largest absolute Gasteiger partial charge is 0.490 e. The first kappa shape index (κ1) is 14.6. The lowest BCUT2D eigenvalue weighted by Crippen LogP contribution is -2.17. The van der Waals surface area contributed by atoms with Gasteiger partial charge in [-0.1, -0.05) is 23.4 Å². The fraction of sp³-hybridized carbons (Fsp3) is 0.200. The molecule has 3 N–H and O–H groups in total. The Morgan fingerprint density at radius 2 is 1.86 bits per heavy atom. The molecule has 6 nitrogen and oxygen atoms in total. The van der Waals surface area contributed by atoms with Crippen LogP contribution in [0.1, 0.15) is 11.3 Å². The third-order valence-electron chi connectivity index (χ3n) is 2.72. The molecule has 0 fully saturated rings. The summed E-state index contributed by atoms with van der Waals surface area (Å²) in [7, 11) is 0. The molecule has 0 bridgehead atoms. The normalized spacial score (nSPS) is 11.2. The quantitative estimate of drug-likeness (QED) is 0.278. The van der Waals surface area contributed by atoms with Crippen molar-refractivity contribution in [3.05, 3.63) is 53.7 Å². The lowest BCUT2D eigenvalue weighted by atomic mass is 10.2. The van der Waals surface area contributed by atoms with Crippen LogP contribution in [0.5, 0.6) is 11.6 Å². The highest BCUT2D eigenvalue weighted by Gasteiger charge is 2.10. The molecule has 0 aliphatic carbocycles. The number of rotatable bonds is 6. The van der Waals surface area contributed by atoms with Crippen LogP contribution < -0.4 is 15.2 Å². The van der Waals surface area contributed by atoms with E-state index in [1.165, 1.54) is 0 Å². The van der Waals surface area contributed by atoms with Gasteiger partial charge >= 0.3 is 0 Å². The second kappa shape index (κ2) is 7.14. The Hall–Kier alpha value is -2.76. The van der Waals surface area contributed by atoms with Gasteiger partial charge < -0.3 is 20.4 Å².